The molecular weight excluding hydrogens is 604 g/mol. The minimum absolute atomic E-state index is 0.209. The maximum absolute atomic E-state index is 12.4. The Bertz CT molecular complexity index is 1710. The summed E-state index contributed by atoms with van der Waals surface area (Å²) >= 11 is -1.84. The zero-order valence-electron chi connectivity index (χ0n) is 24.3. The van der Waals surface area contributed by atoms with Crippen molar-refractivity contribution in [2.75, 3.05) is 42.6 Å². The van der Waals surface area contributed by atoms with Crippen molar-refractivity contribution in [3.05, 3.63) is 87.6 Å². The van der Waals surface area contributed by atoms with Crippen LogP contribution in [0.3, 0.4) is 0 Å². The van der Waals surface area contributed by atoms with Crippen molar-refractivity contribution in [1.29, 1.82) is 0 Å². The van der Waals surface area contributed by atoms with Gasteiger partial charge in [0.05, 0.1) is 17.1 Å². The number of ether oxygens (including phenoxy) is 1. The van der Waals surface area contributed by atoms with Gasteiger partial charge in [-0.3, -0.25) is 4.55 Å². The van der Waals surface area contributed by atoms with Crippen LogP contribution < -0.4 is 9.64 Å². The van der Waals surface area contributed by atoms with Crippen LogP contribution >= 0.6 is 0 Å². The Morgan fingerprint density at radius 1 is 1.02 bits per heavy atom. The molecule has 1 saturated heterocycles. The number of rotatable bonds is 10. The zero-order valence-corrected chi connectivity index (χ0v) is 25.9. The van der Waals surface area contributed by atoms with Gasteiger partial charge in [-0.05, 0) is 79.5 Å². The number of aryl methyl sites for hydroxylation is 1. The highest BCUT2D eigenvalue weighted by molar-refractivity contribution is 7.85. The molecule has 0 radical (unpaired) electrons. The van der Waals surface area contributed by atoms with Crippen molar-refractivity contribution in [1.82, 2.24) is 4.90 Å². The number of likely N-dealkylation sites (tertiary alicyclic amines) is 1. The molecule has 0 bridgehead atoms. The van der Waals surface area contributed by atoms with Crippen molar-refractivity contribution < 1.29 is 36.4 Å². The largest absolute Gasteiger partial charge is 0.481 e. The summed E-state index contributed by atoms with van der Waals surface area (Å²) in [7, 11) is -4.05. The van der Waals surface area contributed by atoms with Crippen LogP contribution in [0.5, 0.6) is 5.75 Å². The average molecular weight is 641 g/mol. The number of hydrogen-bond acceptors (Lipinski definition) is 7. The number of carboxylic acid groups (broad SMARTS) is 1. The lowest BCUT2D eigenvalue weighted by molar-refractivity contribution is 0.0696. The molecule has 10 nitrogen and oxygen atoms in total. The first kappa shape index (κ1) is 30.6. The predicted octanol–water partition coefficient (Wildman–Crippen LogP) is 4.51. The molecule has 2 unspecified atom stereocenters. The average Bonchev–Trinajstić information content (AvgIpc) is 2.97. The Balaban J connectivity index is 1.45. The summed E-state index contributed by atoms with van der Waals surface area (Å²) in [5, 5.41) is 10.2. The minimum Gasteiger partial charge on any atom is -0.481 e. The first-order valence-corrected chi connectivity index (χ1v) is 17.8. The highest BCUT2D eigenvalue weighted by Gasteiger charge is 2.36. The van der Waals surface area contributed by atoms with E-state index in [0.717, 1.165) is 78.0 Å². The van der Waals surface area contributed by atoms with Gasteiger partial charge in [-0.2, -0.15) is 8.42 Å². The molecule has 3 N–H and O–H groups in total. The summed E-state index contributed by atoms with van der Waals surface area (Å²) in [5.41, 5.74) is 7.63. The van der Waals surface area contributed by atoms with Crippen LogP contribution in [0, 0.1) is 0 Å². The smallest absolute Gasteiger partial charge is 0.336 e. The van der Waals surface area contributed by atoms with Crippen molar-refractivity contribution >= 4 is 38.4 Å². The lowest BCUT2D eigenvalue weighted by Crippen LogP contribution is -2.36. The monoisotopic (exact) mass is 640 g/mol. The molecule has 234 valence electrons. The van der Waals surface area contributed by atoms with Gasteiger partial charge in [0.25, 0.3) is 10.1 Å². The first-order chi connectivity index (χ1) is 21.1. The molecule has 0 saturated carbocycles. The number of carbonyl (C=O) groups is 1. The van der Waals surface area contributed by atoms with E-state index in [1.165, 1.54) is 0 Å². The van der Waals surface area contributed by atoms with E-state index < -0.39 is 33.3 Å². The van der Waals surface area contributed by atoms with Crippen molar-refractivity contribution in [2.45, 2.75) is 44.6 Å². The molecule has 3 heterocycles. The number of allylic oxidation sites excluding steroid dienone is 1. The van der Waals surface area contributed by atoms with Gasteiger partial charge in [0.15, 0.2) is 11.1 Å². The number of nitrogens with zero attached hydrogens (tertiary/aromatic N) is 2. The van der Waals surface area contributed by atoms with E-state index in [4.69, 9.17) is 4.74 Å². The topological polar surface area (TPSA) is 145 Å². The van der Waals surface area contributed by atoms with Crippen LogP contribution in [0.4, 0.5) is 5.69 Å². The zero-order chi connectivity index (χ0) is 31.0. The molecule has 6 rings (SSSR count). The third-order valence-corrected chi connectivity index (χ3v) is 10.1. The van der Waals surface area contributed by atoms with Gasteiger partial charge in [0.1, 0.15) is 11.9 Å². The molecule has 0 aromatic heterocycles. The summed E-state index contributed by atoms with van der Waals surface area (Å²) in [6.07, 6.45) is 8.08. The summed E-state index contributed by atoms with van der Waals surface area (Å²) in [6, 6.07) is 11.2. The standard InChI is InChI=1S/C32H36N2O8S2/c35-32(36)24-10-2-1-9-23(24)31-25-17-21-7-3-11-33(13-5-15-43(37)38)27(21)19-29(25)42-30-20-28-22(18-26(30)31)8-4-12-34(28)14-6-16-44(39,40)41/h1-2,9-10,17-20,30H,3-8,11-16H2,(H,35,36)(H,37,38)(H,39,40,41). The molecular formula is C32H36N2O8S2. The molecule has 4 aliphatic rings. The summed E-state index contributed by atoms with van der Waals surface area (Å²) < 4.78 is 59.1. The number of anilines is 1. The Hall–Kier alpha value is -3.45. The quantitative estimate of drug-likeness (QED) is 0.251. The fourth-order valence-corrected chi connectivity index (χ4v) is 7.70. The lowest BCUT2D eigenvalue weighted by atomic mass is 9.80. The van der Waals surface area contributed by atoms with E-state index in [9.17, 15) is 31.6 Å². The molecule has 2 aromatic rings. The number of benzene rings is 2. The minimum atomic E-state index is -4.05. The second kappa shape index (κ2) is 12.5. The maximum atomic E-state index is 12.4. The number of fused-ring (bicyclic) bond motifs is 4. The molecule has 1 fully saturated rings. The molecule has 0 spiro atoms. The Morgan fingerprint density at radius 2 is 1.77 bits per heavy atom. The van der Waals surface area contributed by atoms with Gasteiger partial charge in [-0.15, -0.1) is 0 Å². The normalized spacial score (nSPS) is 20.0. The summed E-state index contributed by atoms with van der Waals surface area (Å²) in [4.78, 5) is 16.8. The predicted molar refractivity (Wildman–Crippen MR) is 169 cm³/mol. The molecule has 1 aliphatic carbocycles. The van der Waals surface area contributed by atoms with Gasteiger partial charge in [0.2, 0.25) is 0 Å². The molecule has 12 heteroatoms. The lowest BCUT2D eigenvalue weighted by Gasteiger charge is -2.40. The van der Waals surface area contributed by atoms with Crippen molar-refractivity contribution in [2.24, 2.45) is 0 Å². The van der Waals surface area contributed by atoms with Crippen LogP contribution in [-0.4, -0.2) is 81.5 Å². The summed E-state index contributed by atoms with van der Waals surface area (Å²) in [6.45, 7) is 2.71. The van der Waals surface area contributed by atoms with Crippen molar-refractivity contribution in [3.63, 3.8) is 0 Å². The fourth-order valence-electron chi connectivity index (χ4n) is 6.83. The SMILES string of the molecule is O=C(O)c1ccccc1C1=C2C=C3CCCN(CCCS(=O)(=O)O)C3=CC2Oc2cc3c(cc21)CCCN3CCCS(=O)O. The third kappa shape index (κ3) is 6.35. The van der Waals surface area contributed by atoms with Crippen LogP contribution in [0.2, 0.25) is 0 Å². The molecule has 44 heavy (non-hydrogen) atoms. The second-order valence-corrected chi connectivity index (χ2v) is 14.2. The van der Waals surface area contributed by atoms with Crippen LogP contribution in [0.1, 0.15) is 59.2 Å². The van der Waals surface area contributed by atoms with Crippen LogP contribution in [0.25, 0.3) is 5.57 Å². The van der Waals surface area contributed by atoms with E-state index in [-0.39, 0.29) is 17.1 Å². The number of aromatic carboxylic acids is 1. The van der Waals surface area contributed by atoms with Crippen LogP contribution in [-0.2, 0) is 27.6 Å². The molecule has 2 aromatic carbocycles. The van der Waals surface area contributed by atoms with Gasteiger partial charge in [-0.25, -0.2) is 9.00 Å². The van der Waals surface area contributed by atoms with Gasteiger partial charge in [0, 0.05) is 60.3 Å². The van der Waals surface area contributed by atoms with Gasteiger partial charge in [-0.1, -0.05) is 18.2 Å². The fraction of sp³-hybridized carbons (Fsp3) is 0.406. The highest BCUT2D eigenvalue weighted by atomic mass is 32.2. The van der Waals surface area contributed by atoms with Gasteiger partial charge < -0.3 is 24.2 Å². The Kier molecular flexibility index (Phi) is 8.69. The van der Waals surface area contributed by atoms with E-state index in [2.05, 4.69) is 28.0 Å². The molecule has 0 amide bonds. The number of carboxylic acids is 1. The maximum Gasteiger partial charge on any atom is 0.336 e. The Morgan fingerprint density at radius 3 is 2.55 bits per heavy atom. The van der Waals surface area contributed by atoms with Crippen LogP contribution in [0.15, 0.2) is 65.4 Å². The number of piperidine rings is 1. The number of hydrogen-bond donors (Lipinski definition) is 3. The highest BCUT2D eigenvalue weighted by Crippen LogP contribution is 2.48. The van der Waals surface area contributed by atoms with Gasteiger partial charge >= 0.3 is 5.97 Å². The summed E-state index contributed by atoms with van der Waals surface area (Å²) in [5.74, 6) is -0.459. The molecule has 2 atom stereocenters. The Labute approximate surface area is 259 Å². The molecule has 3 aliphatic heterocycles. The van der Waals surface area contributed by atoms with E-state index in [0.29, 0.717) is 37.2 Å². The van der Waals surface area contributed by atoms with E-state index in [1.807, 2.05) is 18.2 Å². The first-order valence-electron chi connectivity index (χ1n) is 14.9. The third-order valence-electron chi connectivity index (χ3n) is 8.70. The second-order valence-electron chi connectivity index (χ2n) is 11.6. The van der Waals surface area contributed by atoms with E-state index in [1.54, 1.807) is 12.1 Å². The van der Waals surface area contributed by atoms with Crippen molar-refractivity contribution in [3.8, 4) is 5.75 Å². The van der Waals surface area contributed by atoms with E-state index >= 15 is 0 Å².